The first-order valence-electron chi connectivity index (χ1n) is 12.4. The van der Waals surface area contributed by atoms with E-state index < -0.39 is 38.8 Å². The Balaban J connectivity index is 1.54. The molecule has 0 aliphatic heterocycles. The topological polar surface area (TPSA) is 218 Å². The van der Waals surface area contributed by atoms with Crippen LogP contribution in [0, 0.1) is 30.3 Å². The molecule has 0 aliphatic rings. The molecule has 0 bridgehead atoms. The lowest BCUT2D eigenvalue weighted by Crippen LogP contribution is -2.26. The van der Waals surface area contributed by atoms with Crippen LogP contribution in [0.2, 0.25) is 0 Å². The molecule has 16 nitrogen and oxygen atoms in total. The zero-order valence-electron chi connectivity index (χ0n) is 22.2. The lowest BCUT2D eigenvalue weighted by molar-refractivity contribution is -0.385. The number of nitro groups is 3. The van der Waals surface area contributed by atoms with Crippen LogP contribution in [0.1, 0.15) is 37.5 Å². The fourth-order valence-electron chi connectivity index (χ4n) is 3.42. The molecule has 0 N–H and O–H groups in total. The van der Waals surface area contributed by atoms with Gasteiger partial charge in [-0.05, 0) is 36.4 Å². The Morgan fingerprint density at radius 1 is 0.535 bits per heavy atom. The van der Waals surface area contributed by atoms with E-state index in [9.17, 15) is 44.7 Å². The van der Waals surface area contributed by atoms with Gasteiger partial charge in [-0.25, -0.2) is 14.4 Å². The van der Waals surface area contributed by atoms with E-state index in [2.05, 4.69) is 0 Å². The van der Waals surface area contributed by atoms with E-state index in [1.807, 2.05) is 0 Å². The van der Waals surface area contributed by atoms with Gasteiger partial charge in [0.05, 0.1) is 50.8 Å². The van der Waals surface area contributed by atoms with Gasteiger partial charge in [0.15, 0.2) is 0 Å². The Morgan fingerprint density at radius 2 is 0.884 bits per heavy atom. The molecular weight excluding hydrogens is 574 g/mol. The number of carbonyl (C=O) groups excluding carboxylic acids is 3. The predicted octanol–water partition coefficient (Wildman–Crippen LogP) is 4.06. The highest BCUT2D eigenvalue weighted by molar-refractivity contribution is 5.90. The van der Waals surface area contributed by atoms with Crippen molar-refractivity contribution in [2.75, 3.05) is 26.4 Å². The highest BCUT2D eigenvalue weighted by Gasteiger charge is 2.18. The quantitative estimate of drug-likeness (QED) is 0.0794. The minimum atomic E-state index is -0.843. The normalized spacial score (nSPS) is 11.2. The zero-order valence-corrected chi connectivity index (χ0v) is 22.2. The van der Waals surface area contributed by atoms with Gasteiger partial charge in [-0.2, -0.15) is 0 Å². The van der Waals surface area contributed by atoms with E-state index in [0.717, 1.165) is 36.4 Å². The summed E-state index contributed by atoms with van der Waals surface area (Å²) in [7, 11) is 0. The molecule has 3 rings (SSSR count). The Kier molecular flexibility index (Phi) is 11.3. The van der Waals surface area contributed by atoms with Gasteiger partial charge in [-0.15, -0.1) is 0 Å². The number of carbonyl (C=O) groups is 3. The molecule has 43 heavy (non-hydrogen) atoms. The van der Waals surface area contributed by atoms with Gasteiger partial charge in [0.1, 0.15) is 13.2 Å². The van der Waals surface area contributed by atoms with Gasteiger partial charge in [0.2, 0.25) is 0 Å². The van der Waals surface area contributed by atoms with Crippen molar-refractivity contribution in [1.82, 2.24) is 0 Å². The molecule has 0 heterocycles. The van der Waals surface area contributed by atoms with E-state index in [4.69, 9.17) is 18.9 Å². The number of ether oxygens (including phenoxy) is 4. The first kappa shape index (κ1) is 31.8. The molecule has 3 aromatic carbocycles. The highest BCUT2D eigenvalue weighted by Crippen LogP contribution is 2.16. The molecule has 224 valence electrons. The highest BCUT2D eigenvalue weighted by atomic mass is 16.6. The molecule has 0 unspecified atom stereocenters. The number of non-ortho nitro benzene ring substituents is 3. The molecule has 0 aromatic heterocycles. The molecule has 0 spiro atoms. The molecule has 0 saturated heterocycles. The van der Waals surface area contributed by atoms with Crippen LogP contribution in [0.5, 0.6) is 0 Å². The largest absolute Gasteiger partial charge is 0.462 e. The van der Waals surface area contributed by atoms with Crippen LogP contribution in [0.25, 0.3) is 0 Å². The van der Waals surface area contributed by atoms with Gasteiger partial charge in [-0.3, -0.25) is 30.3 Å². The number of nitro benzene ring substituents is 3. The summed E-state index contributed by atoms with van der Waals surface area (Å²) in [6, 6.07) is 14.3. The molecule has 16 heteroatoms. The number of hydrogen-bond acceptors (Lipinski definition) is 13. The molecule has 3 aromatic rings. The third kappa shape index (κ3) is 9.68. The SMILES string of the molecule is O=C(OCCO[C@@H](CCOC(=O)c1ccc([N+](=O)[O-])cc1)COC(=O)c1ccc([N+](=O)[O-])cc1)c1ccc([N+](=O)[O-])cc1. The minimum absolute atomic E-state index is 0.0303. The minimum Gasteiger partial charge on any atom is -0.462 e. The Morgan fingerprint density at radius 3 is 1.26 bits per heavy atom. The van der Waals surface area contributed by atoms with E-state index in [1.165, 1.54) is 36.4 Å². The first-order chi connectivity index (χ1) is 20.5. The maximum absolute atomic E-state index is 12.4. The second kappa shape index (κ2) is 15.3. The summed E-state index contributed by atoms with van der Waals surface area (Å²) in [6.45, 7) is -0.903. The van der Waals surface area contributed by atoms with Gasteiger partial charge in [-0.1, -0.05) is 0 Å². The third-order valence-electron chi connectivity index (χ3n) is 5.68. The lowest BCUT2D eigenvalue weighted by atomic mass is 10.2. The van der Waals surface area contributed by atoms with Gasteiger partial charge >= 0.3 is 17.9 Å². The maximum atomic E-state index is 12.4. The van der Waals surface area contributed by atoms with E-state index in [-0.39, 0.29) is 66.6 Å². The zero-order chi connectivity index (χ0) is 31.4. The van der Waals surface area contributed by atoms with Crippen LogP contribution in [0.3, 0.4) is 0 Å². The fraction of sp³-hybridized carbons (Fsp3) is 0.222. The van der Waals surface area contributed by atoms with Crippen molar-refractivity contribution < 1.29 is 48.1 Å². The van der Waals surface area contributed by atoms with E-state index in [1.54, 1.807) is 0 Å². The van der Waals surface area contributed by atoms with Crippen LogP contribution >= 0.6 is 0 Å². The average Bonchev–Trinajstić information content (AvgIpc) is 3.01. The monoisotopic (exact) mass is 597 g/mol. The fourth-order valence-corrected chi connectivity index (χ4v) is 3.42. The second-order valence-corrected chi connectivity index (χ2v) is 8.56. The van der Waals surface area contributed by atoms with Gasteiger partial charge < -0.3 is 18.9 Å². The lowest BCUT2D eigenvalue weighted by Gasteiger charge is -2.18. The van der Waals surface area contributed by atoms with Gasteiger partial charge in [0.25, 0.3) is 17.1 Å². The third-order valence-corrected chi connectivity index (χ3v) is 5.68. The summed E-state index contributed by atoms with van der Waals surface area (Å²) in [6.07, 6.45) is -0.813. The number of esters is 3. The van der Waals surface area contributed by atoms with Crippen molar-refractivity contribution in [1.29, 1.82) is 0 Å². The average molecular weight is 597 g/mol. The molecule has 1 atom stereocenters. The maximum Gasteiger partial charge on any atom is 0.338 e. The van der Waals surface area contributed by atoms with Crippen molar-refractivity contribution in [3.63, 3.8) is 0 Å². The summed E-state index contributed by atoms with van der Waals surface area (Å²) in [5.74, 6) is -2.30. The number of nitrogens with zero attached hydrogens (tertiary/aromatic N) is 3. The smallest absolute Gasteiger partial charge is 0.338 e. The Bertz CT molecular complexity index is 1470. The standard InChI is InChI=1S/C27H23N3O13/c31-25(18-1-7-21(8-2-18)28(34)35)41-14-13-24(17-43-27(33)20-5-11-23(12-6-20)30(38)39)40-15-16-42-26(32)19-3-9-22(10-4-19)29(36)37/h1-12,24H,13-17H2/t24-/m0/s1. The van der Waals surface area contributed by atoms with Crippen LogP contribution in [0.15, 0.2) is 72.8 Å². The van der Waals surface area contributed by atoms with Crippen molar-refractivity contribution in [2.24, 2.45) is 0 Å². The summed E-state index contributed by atoms with van der Waals surface area (Å²) in [5.41, 5.74) is -0.403. The summed E-state index contributed by atoms with van der Waals surface area (Å²) in [4.78, 5) is 67.4. The molecule has 0 radical (unpaired) electrons. The van der Waals surface area contributed by atoms with Crippen molar-refractivity contribution in [3.05, 3.63) is 120 Å². The van der Waals surface area contributed by atoms with E-state index >= 15 is 0 Å². The van der Waals surface area contributed by atoms with Crippen molar-refractivity contribution >= 4 is 35.0 Å². The predicted molar refractivity (Wildman–Crippen MR) is 144 cm³/mol. The Labute approximate surface area is 242 Å². The van der Waals surface area contributed by atoms with Crippen LogP contribution < -0.4 is 0 Å². The molecule has 0 amide bonds. The van der Waals surface area contributed by atoms with Crippen LogP contribution in [-0.4, -0.2) is 65.2 Å². The van der Waals surface area contributed by atoms with Crippen molar-refractivity contribution in [2.45, 2.75) is 12.5 Å². The Hall–Kier alpha value is -5.77. The molecule has 0 saturated carbocycles. The van der Waals surface area contributed by atoms with E-state index in [0.29, 0.717) is 0 Å². The summed E-state index contributed by atoms with van der Waals surface area (Å²) >= 11 is 0. The number of rotatable bonds is 15. The number of hydrogen-bond donors (Lipinski definition) is 0. The summed E-state index contributed by atoms with van der Waals surface area (Å²) < 4.78 is 21.2. The van der Waals surface area contributed by atoms with Gasteiger partial charge in [0, 0.05) is 42.8 Å². The number of benzene rings is 3. The van der Waals surface area contributed by atoms with Crippen molar-refractivity contribution in [3.8, 4) is 0 Å². The second-order valence-electron chi connectivity index (χ2n) is 8.56. The molecule has 0 aliphatic carbocycles. The molecule has 0 fully saturated rings. The first-order valence-corrected chi connectivity index (χ1v) is 12.4. The molecular formula is C27H23N3O13. The van der Waals surface area contributed by atoms with Crippen LogP contribution in [0.4, 0.5) is 17.1 Å². The summed E-state index contributed by atoms with van der Waals surface area (Å²) in [5, 5.41) is 32.4. The van der Waals surface area contributed by atoms with Crippen LogP contribution in [-0.2, 0) is 18.9 Å².